The van der Waals surface area contributed by atoms with Crippen LogP contribution in [0.2, 0.25) is 0 Å². The molecule has 7 heteroatoms. The first kappa shape index (κ1) is 15.9. The number of nitrogens with zero attached hydrogens (tertiary/aromatic N) is 2. The monoisotopic (exact) mass is 342 g/mol. The molecule has 0 saturated heterocycles. The van der Waals surface area contributed by atoms with Gasteiger partial charge in [0.15, 0.2) is 15.5 Å². The first-order valence-electron chi connectivity index (χ1n) is 7.05. The van der Waals surface area contributed by atoms with E-state index in [0.717, 1.165) is 6.26 Å². The zero-order valence-corrected chi connectivity index (χ0v) is 13.6. The summed E-state index contributed by atoms with van der Waals surface area (Å²) in [7, 11) is -3.29. The molecular formula is C17H14N2O4S. The summed E-state index contributed by atoms with van der Waals surface area (Å²) >= 11 is 0. The first-order chi connectivity index (χ1) is 11.4. The summed E-state index contributed by atoms with van der Waals surface area (Å²) in [5.74, 6) is -1.13. The van der Waals surface area contributed by atoms with Crippen molar-refractivity contribution in [3.63, 3.8) is 0 Å². The zero-order valence-electron chi connectivity index (χ0n) is 12.7. The smallest absolute Gasteiger partial charge is 0.356 e. The summed E-state index contributed by atoms with van der Waals surface area (Å²) in [5.41, 5.74) is 1.87. The van der Waals surface area contributed by atoms with Crippen molar-refractivity contribution in [2.75, 3.05) is 6.26 Å². The molecule has 0 spiro atoms. The minimum absolute atomic E-state index is 0.0824. The molecular weight excluding hydrogens is 328 g/mol. The van der Waals surface area contributed by atoms with E-state index in [1.165, 1.54) is 22.9 Å². The van der Waals surface area contributed by atoms with Crippen LogP contribution in [-0.4, -0.2) is 35.5 Å². The number of benzene rings is 2. The van der Waals surface area contributed by atoms with Crippen molar-refractivity contribution in [1.82, 2.24) is 9.78 Å². The Morgan fingerprint density at radius 3 is 2.21 bits per heavy atom. The third kappa shape index (κ3) is 3.07. The Kier molecular flexibility index (Phi) is 3.94. The first-order valence-corrected chi connectivity index (χ1v) is 8.95. The fourth-order valence-electron chi connectivity index (χ4n) is 2.33. The minimum atomic E-state index is -3.29. The van der Waals surface area contributed by atoms with Crippen LogP contribution in [0.1, 0.15) is 10.5 Å². The number of aromatic carboxylic acids is 1. The maximum atomic E-state index is 11.6. The van der Waals surface area contributed by atoms with Crippen molar-refractivity contribution in [1.29, 1.82) is 0 Å². The molecule has 1 heterocycles. The summed E-state index contributed by atoms with van der Waals surface area (Å²) in [6.45, 7) is 0. The van der Waals surface area contributed by atoms with Gasteiger partial charge < -0.3 is 5.11 Å². The van der Waals surface area contributed by atoms with Crippen molar-refractivity contribution in [3.05, 3.63) is 66.4 Å². The number of rotatable bonds is 4. The molecule has 122 valence electrons. The Balaban J connectivity index is 2.15. The maximum absolute atomic E-state index is 11.6. The van der Waals surface area contributed by atoms with Crippen LogP contribution in [-0.2, 0) is 9.84 Å². The fourth-order valence-corrected chi connectivity index (χ4v) is 2.96. The molecule has 0 fully saturated rings. The molecule has 2 aromatic carbocycles. The zero-order chi connectivity index (χ0) is 17.3. The number of carboxylic acids is 1. The Bertz CT molecular complexity index is 991. The van der Waals surface area contributed by atoms with E-state index in [9.17, 15) is 18.3 Å². The van der Waals surface area contributed by atoms with Crippen LogP contribution in [0.3, 0.4) is 0 Å². The van der Waals surface area contributed by atoms with Crippen molar-refractivity contribution in [2.24, 2.45) is 0 Å². The van der Waals surface area contributed by atoms with Crippen LogP contribution in [0, 0.1) is 0 Å². The van der Waals surface area contributed by atoms with Gasteiger partial charge in [-0.05, 0) is 30.3 Å². The van der Waals surface area contributed by atoms with Gasteiger partial charge in [0.05, 0.1) is 16.3 Å². The Labute approximate surface area is 138 Å². The lowest BCUT2D eigenvalue weighted by Gasteiger charge is -2.08. The molecule has 0 atom stereocenters. The largest absolute Gasteiger partial charge is 0.476 e. The third-order valence-electron chi connectivity index (χ3n) is 3.51. The SMILES string of the molecule is CS(=O)(=O)c1ccc(-c2cc(C(=O)O)nn2-c2ccccc2)cc1. The molecule has 3 rings (SSSR count). The van der Waals surface area contributed by atoms with Gasteiger partial charge in [0, 0.05) is 11.8 Å². The molecule has 0 aliphatic heterocycles. The highest BCUT2D eigenvalue weighted by Gasteiger charge is 2.16. The van der Waals surface area contributed by atoms with E-state index in [0.29, 0.717) is 16.9 Å². The van der Waals surface area contributed by atoms with Gasteiger partial charge in [-0.25, -0.2) is 17.9 Å². The number of sulfone groups is 1. The Morgan fingerprint density at radius 1 is 1.04 bits per heavy atom. The number of para-hydroxylation sites is 1. The number of hydrogen-bond acceptors (Lipinski definition) is 4. The van der Waals surface area contributed by atoms with Crippen LogP contribution in [0.4, 0.5) is 0 Å². The van der Waals surface area contributed by atoms with Gasteiger partial charge in [-0.3, -0.25) is 0 Å². The fraction of sp³-hybridized carbons (Fsp3) is 0.0588. The lowest BCUT2D eigenvalue weighted by atomic mass is 10.1. The number of aromatic nitrogens is 2. The molecule has 0 radical (unpaired) electrons. The van der Waals surface area contributed by atoms with E-state index in [4.69, 9.17) is 0 Å². The third-order valence-corrected chi connectivity index (χ3v) is 4.64. The summed E-state index contributed by atoms with van der Waals surface area (Å²) in [5, 5.41) is 13.3. The molecule has 1 N–H and O–H groups in total. The van der Waals surface area contributed by atoms with E-state index in [2.05, 4.69) is 5.10 Å². The van der Waals surface area contributed by atoms with E-state index < -0.39 is 15.8 Å². The normalized spacial score (nSPS) is 11.4. The molecule has 24 heavy (non-hydrogen) atoms. The quantitative estimate of drug-likeness (QED) is 0.787. The molecule has 3 aromatic rings. The molecule has 0 amide bonds. The van der Waals surface area contributed by atoms with Crippen molar-refractivity contribution in [2.45, 2.75) is 4.90 Å². The Morgan fingerprint density at radius 2 is 1.67 bits per heavy atom. The lowest BCUT2D eigenvalue weighted by molar-refractivity contribution is 0.0690. The van der Waals surface area contributed by atoms with Crippen molar-refractivity contribution in [3.8, 4) is 16.9 Å². The second-order valence-electron chi connectivity index (χ2n) is 5.26. The average Bonchev–Trinajstić information content (AvgIpc) is 3.00. The van der Waals surface area contributed by atoms with E-state index in [1.807, 2.05) is 30.3 Å². The van der Waals surface area contributed by atoms with E-state index in [1.54, 1.807) is 12.1 Å². The van der Waals surface area contributed by atoms with Gasteiger partial charge in [-0.1, -0.05) is 30.3 Å². The van der Waals surface area contributed by atoms with Crippen LogP contribution < -0.4 is 0 Å². The second-order valence-corrected chi connectivity index (χ2v) is 7.28. The molecule has 0 aliphatic rings. The summed E-state index contributed by atoms with van der Waals surface area (Å²) in [6.07, 6.45) is 1.14. The lowest BCUT2D eigenvalue weighted by Crippen LogP contribution is -2.02. The molecule has 6 nitrogen and oxygen atoms in total. The Hall–Kier alpha value is -2.93. The highest BCUT2D eigenvalue weighted by atomic mass is 32.2. The minimum Gasteiger partial charge on any atom is -0.476 e. The van der Waals surface area contributed by atoms with Crippen molar-refractivity contribution < 1.29 is 18.3 Å². The van der Waals surface area contributed by atoms with E-state index in [-0.39, 0.29) is 10.6 Å². The van der Waals surface area contributed by atoms with Gasteiger partial charge in [-0.2, -0.15) is 5.10 Å². The predicted octanol–water partition coefficient (Wildman–Crippen LogP) is 2.64. The van der Waals surface area contributed by atoms with Gasteiger partial charge >= 0.3 is 5.97 Å². The van der Waals surface area contributed by atoms with Gasteiger partial charge in [-0.15, -0.1) is 0 Å². The highest BCUT2D eigenvalue weighted by Crippen LogP contribution is 2.25. The molecule has 0 bridgehead atoms. The number of carbonyl (C=O) groups is 1. The van der Waals surface area contributed by atoms with E-state index >= 15 is 0 Å². The summed E-state index contributed by atoms with van der Waals surface area (Å²) in [4.78, 5) is 11.5. The predicted molar refractivity (Wildman–Crippen MR) is 89.1 cm³/mol. The number of hydrogen-bond donors (Lipinski definition) is 1. The second kappa shape index (κ2) is 5.93. The van der Waals surface area contributed by atoms with Gasteiger partial charge in [0.2, 0.25) is 0 Å². The molecule has 1 aromatic heterocycles. The topological polar surface area (TPSA) is 89.3 Å². The summed E-state index contributed by atoms with van der Waals surface area (Å²) in [6, 6.07) is 16.9. The van der Waals surface area contributed by atoms with Crippen LogP contribution in [0.25, 0.3) is 16.9 Å². The molecule has 0 aliphatic carbocycles. The van der Waals surface area contributed by atoms with Crippen LogP contribution >= 0.6 is 0 Å². The van der Waals surface area contributed by atoms with Gasteiger partial charge in [0.1, 0.15) is 0 Å². The summed E-state index contributed by atoms with van der Waals surface area (Å²) < 4.78 is 24.7. The standard InChI is InChI=1S/C17H14N2O4S/c1-24(22,23)14-9-7-12(8-10-14)16-11-15(17(20)21)18-19(16)13-5-3-2-4-6-13/h2-11H,1H3,(H,20,21). The number of carboxylic acid groups (broad SMARTS) is 1. The van der Waals surface area contributed by atoms with Crippen LogP contribution in [0.5, 0.6) is 0 Å². The van der Waals surface area contributed by atoms with Gasteiger partial charge in [0.25, 0.3) is 0 Å². The van der Waals surface area contributed by atoms with Crippen LogP contribution in [0.15, 0.2) is 65.6 Å². The molecule has 0 unspecified atom stereocenters. The maximum Gasteiger partial charge on any atom is 0.356 e. The molecule has 0 saturated carbocycles. The average molecular weight is 342 g/mol. The highest BCUT2D eigenvalue weighted by molar-refractivity contribution is 7.90. The van der Waals surface area contributed by atoms with Crippen molar-refractivity contribution >= 4 is 15.8 Å².